The molecule has 1 saturated heterocycles. The molecule has 0 aromatic carbocycles. The van der Waals surface area contributed by atoms with E-state index < -0.39 is 0 Å². The average Bonchev–Trinajstić information content (AvgIpc) is 3.19. The number of Topliss-reactive ketones (excluding diaryl/α,β-unsaturated/α-hetero) is 1. The predicted molar refractivity (Wildman–Crippen MR) is 108 cm³/mol. The van der Waals surface area contributed by atoms with E-state index in [9.17, 15) is 9.59 Å². The summed E-state index contributed by atoms with van der Waals surface area (Å²) in [6.07, 6.45) is 2.63. The largest absolute Gasteiger partial charge is 0.373 e. The Labute approximate surface area is 168 Å². The Kier molecular flexibility index (Phi) is 5.35. The summed E-state index contributed by atoms with van der Waals surface area (Å²) in [4.78, 5) is 34.9. The van der Waals surface area contributed by atoms with Crippen LogP contribution in [-0.2, 0) is 17.7 Å². The fourth-order valence-corrected chi connectivity index (χ4v) is 4.94. The van der Waals surface area contributed by atoms with Crippen molar-refractivity contribution in [2.45, 2.75) is 58.8 Å². The molecular weight excluding hydrogens is 376 g/mol. The minimum absolute atomic E-state index is 0.125. The number of ketones is 1. The van der Waals surface area contributed by atoms with Gasteiger partial charge in [0.25, 0.3) is 5.91 Å². The third-order valence-electron chi connectivity index (χ3n) is 5.32. The molecule has 1 amide bonds. The number of ether oxygens (including phenoxy) is 1. The first kappa shape index (κ1) is 19.3. The van der Waals surface area contributed by atoms with Crippen molar-refractivity contribution in [3.05, 3.63) is 33.6 Å². The van der Waals surface area contributed by atoms with Gasteiger partial charge in [-0.15, -0.1) is 11.3 Å². The van der Waals surface area contributed by atoms with Gasteiger partial charge in [-0.25, -0.2) is 4.98 Å². The maximum atomic E-state index is 12.7. The Morgan fingerprint density at radius 1 is 1.36 bits per heavy atom. The SMILES string of the molecule is Cc1c(C(=O)Nc2nc(CN3C[C@@H](C)O[C@H](C)C3)cs2)[nH]c2c1C(=O)CCC2. The zero-order valence-corrected chi connectivity index (χ0v) is 17.3. The lowest BCUT2D eigenvalue weighted by Gasteiger charge is -2.34. The van der Waals surface area contributed by atoms with Gasteiger partial charge in [-0.05, 0) is 39.2 Å². The Morgan fingerprint density at radius 2 is 2.11 bits per heavy atom. The molecule has 0 saturated carbocycles. The van der Waals surface area contributed by atoms with Crippen molar-refractivity contribution in [1.29, 1.82) is 0 Å². The molecule has 2 aromatic heterocycles. The van der Waals surface area contributed by atoms with E-state index in [1.807, 2.05) is 12.3 Å². The predicted octanol–water partition coefficient (Wildman–Crippen LogP) is 3.16. The van der Waals surface area contributed by atoms with Crippen LogP contribution < -0.4 is 5.32 Å². The van der Waals surface area contributed by atoms with Gasteiger partial charge in [-0.3, -0.25) is 19.8 Å². The second-order valence-corrected chi connectivity index (χ2v) is 8.66. The lowest BCUT2D eigenvalue weighted by Crippen LogP contribution is -2.44. The van der Waals surface area contributed by atoms with E-state index in [1.54, 1.807) is 0 Å². The van der Waals surface area contributed by atoms with Gasteiger partial charge < -0.3 is 9.72 Å². The highest BCUT2D eigenvalue weighted by Crippen LogP contribution is 2.27. The van der Waals surface area contributed by atoms with Gasteiger partial charge in [0, 0.05) is 42.7 Å². The second-order valence-electron chi connectivity index (χ2n) is 7.80. The maximum Gasteiger partial charge on any atom is 0.274 e. The molecule has 2 N–H and O–H groups in total. The van der Waals surface area contributed by atoms with Gasteiger partial charge in [0.1, 0.15) is 5.69 Å². The van der Waals surface area contributed by atoms with E-state index in [0.717, 1.165) is 49.4 Å². The van der Waals surface area contributed by atoms with Crippen LogP contribution in [0.5, 0.6) is 0 Å². The number of anilines is 1. The molecule has 1 aliphatic heterocycles. The van der Waals surface area contributed by atoms with E-state index >= 15 is 0 Å². The number of fused-ring (bicyclic) bond motifs is 1. The Bertz CT molecular complexity index is 893. The van der Waals surface area contributed by atoms with Crippen molar-refractivity contribution >= 4 is 28.2 Å². The number of nitrogens with zero attached hydrogens (tertiary/aromatic N) is 2. The van der Waals surface area contributed by atoms with Gasteiger partial charge in [0.15, 0.2) is 10.9 Å². The quantitative estimate of drug-likeness (QED) is 0.820. The number of hydrogen-bond acceptors (Lipinski definition) is 6. The first-order valence-corrected chi connectivity index (χ1v) is 10.7. The van der Waals surface area contributed by atoms with Crippen LogP contribution in [0.1, 0.15) is 64.5 Å². The molecule has 0 unspecified atom stereocenters. The molecule has 2 atom stereocenters. The van der Waals surface area contributed by atoms with Gasteiger partial charge in [-0.1, -0.05) is 0 Å². The van der Waals surface area contributed by atoms with Gasteiger partial charge in [0.2, 0.25) is 0 Å². The maximum absolute atomic E-state index is 12.7. The molecule has 1 aliphatic carbocycles. The van der Waals surface area contributed by atoms with Crippen molar-refractivity contribution in [3.63, 3.8) is 0 Å². The Morgan fingerprint density at radius 3 is 2.82 bits per heavy atom. The number of carbonyl (C=O) groups excluding carboxylic acids is 2. The molecule has 8 heteroatoms. The monoisotopic (exact) mass is 402 g/mol. The van der Waals surface area contributed by atoms with Crippen molar-refractivity contribution in [2.75, 3.05) is 18.4 Å². The van der Waals surface area contributed by atoms with E-state index in [0.29, 0.717) is 22.8 Å². The molecule has 7 nitrogen and oxygen atoms in total. The molecule has 0 radical (unpaired) electrons. The van der Waals surface area contributed by atoms with Crippen LogP contribution >= 0.6 is 11.3 Å². The summed E-state index contributed by atoms with van der Waals surface area (Å²) < 4.78 is 5.77. The number of rotatable bonds is 4. The normalized spacial score (nSPS) is 22.9. The number of carbonyl (C=O) groups is 2. The summed E-state index contributed by atoms with van der Waals surface area (Å²) in [6, 6.07) is 0. The molecule has 0 spiro atoms. The van der Waals surface area contributed by atoms with Crippen LogP contribution in [0.15, 0.2) is 5.38 Å². The third-order valence-corrected chi connectivity index (χ3v) is 6.12. The van der Waals surface area contributed by atoms with Crippen LogP contribution in [0, 0.1) is 6.92 Å². The summed E-state index contributed by atoms with van der Waals surface area (Å²) in [7, 11) is 0. The third kappa shape index (κ3) is 3.90. The number of hydrogen-bond donors (Lipinski definition) is 2. The van der Waals surface area contributed by atoms with Crippen molar-refractivity contribution in [3.8, 4) is 0 Å². The smallest absolute Gasteiger partial charge is 0.274 e. The fraction of sp³-hybridized carbons (Fsp3) is 0.550. The van der Waals surface area contributed by atoms with E-state index in [1.165, 1.54) is 11.3 Å². The summed E-state index contributed by atoms with van der Waals surface area (Å²) in [5.41, 5.74) is 3.73. The number of nitrogens with one attached hydrogen (secondary N) is 2. The zero-order valence-electron chi connectivity index (χ0n) is 16.5. The van der Waals surface area contributed by atoms with E-state index in [2.05, 4.69) is 34.0 Å². The fourth-order valence-electron chi connectivity index (χ4n) is 4.24. The minimum Gasteiger partial charge on any atom is -0.373 e. The van der Waals surface area contributed by atoms with Gasteiger partial charge in [0.05, 0.1) is 17.9 Å². The van der Waals surface area contributed by atoms with Gasteiger partial charge in [-0.2, -0.15) is 0 Å². The van der Waals surface area contributed by atoms with Crippen LogP contribution in [0.25, 0.3) is 0 Å². The van der Waals surface area contributed by atoms with Crippen molar-refractivity contribution in [2.24, 2.45) is 0 Å². The van der Waals surface area contributed by atoms with Gasteiger partial charge >= 0.3 is 0 Å². The first-order chi connectivity index (χ1) is 13.4. The van der Waals surface area contributed by atoms with Crippen LogP contribution in [-0.4, -0.2) is 51.9 Å². The standard InChI is InChI=1S/C20H26N4O3S/c1-11-7-24(8-12(2)27-11)9-14-10-28-20(21-14)23-19(26)18-13(3)17-15(22-18)5-4-6-16(17)25/h10-12,22H,4-9H2,1-3H3,(H,21,23,26)/t11-,12-/m1/s1. The highest BCUT2D eigenvalue weighted by molar-refractivity contribution is 7.14. The molecule has 150 valence electrons. The zero-order chi connectivity index (χ0) is 19.8. The lowest BCUT2D eigenvalue weighted by atomic mass is 9.94. The molecule has 0 bridgehead atoms. The number of morpholine rings is 1. The Balaban J connectivity index is 1.43. The molecule has 28 heavy (non-hydrogen) atoms. The van der Waals surface area contributed by atoms with E-state index in [-0.39, 0.29) is 23.9 Å². The summed E-state index contributed by atoms with van der Waals surface area (Å²) >= 11 is 1.42. The number of aryl methyl sites for hydroxylation is 1. The van der Waals surface area contributed by atoms with Crippen molar-refractivity contribution < 1.29 is 14.3 Å². The first-order valence-electron chi connectivity index (χ1n) is 9.79. The number of amides is 1. The molecule has 4 rings (SSSR count). The highest BCUT2D eigenvalue weighted by atomic mass is 32.1. The summed E-state index contributed by atoms with van der Waals surface area (Å²) in [6.45, 7) is 8.50. The topological polar surface area (TPSA) is 87.3 Å². The number of H-pyrrole nitrogens is 1. The lowest BCUT2D eigenvalue weighted by molar-refractivity contribution is -0.0707. The summed E-state index contributed by atoms with van der Waals surface area (Å²) in [5.74, 6) is -0.117. The molecule has 1 fully saturated rings. The minimum atomic E-state index is -0.241. The second kappa shape index (κ2) is 7.77. The Hall–Kier alpha value is -2.03. The molecule has 2 aromatic rings. The van der Waals surface area contributed by atoms with E-state index in [4.69, 9.17) is 4.74 Å². The highest BCUT2D eigenvalue weighted by Gasteiger charge is 2.27. The average molecular weight is 403 g/mol. The molecule has 2 aliphatic rings. The van der Waals surface area contributed by atoms with Crippen LogP contribution in [0.2, 0.25) is 0 Å². The number of thiazole rings is 1. The summed E-state index contributed by atoms with van der Waals surface area (Å²) in [5, 5.41) is 5.44. The molecule has 3 heterocycles. The number of aromatic nitrogens is 2. The van der Waals surface area contributed by atoms with Crippen LogP contribution in [0.4, 0.5) is 5.13 Å². The molecular formula is C20H26N4O3S. The van der Waals surface area contributed by atoms with Crippen LogP contribution in [0.3, 0.4) is 0 Å². The number of aromatic amines is 1. The van der Waals surface area contributed by atoms with Crippen molar-refractivity contribution in [1.82, 2.24) is 14.9 Å².